The van der Waals surface area contributed by atoms with Gasteiger partial charge in [-0.15, -0.1) is 0 Å². The van der Waals surface area contributed by atoms with Crippen LogP contribution in [0.4, 0.5) is 10.5 Å². The number of amides is 3. The Bertz CT molecular complexity index is 565. The number of likely N-dealkylation sites (tertiary alicyclic amines) is 1. The Hall–Kier alpha value is -2.04. The maximum atomic E-state index is 12.5. The van der Waals surface area contributed by atoms with Gasteiger partial charge in [0.1, 0.15) is 6.54 Å². The molecule has 3 rings (SSSR count). The molecule has 2 saturated heterocycles. The fraction of sp³-hybridized carbons (Fsp3) is 0.556. The second-order valence-electron chi connectivity index (χ2n) is 6.94. The van der Waals surface area contributed by atoms with Crippen molar-refractivity contribution in [3.05, 3.63) is 30.3 Å². The third-order valence-corrected chi connectivity index (χ3v) is 4.71. The molecule has 0 spiro atoms. The molecular weight excluding hydrogens is 290 g/mol. The van der Waals surface area contributed by atoms with Crippen LogP contribution in [-0.4, -0.2) is 54.5 Å². The highest BCUT2D eigenvalue weighted by Gasteiger charge is 2.33. The van der Waals surface area contributed by atoms with Gasteiger partial charge < -0.3 is 9.80 Å². The largest absolute Gasteiger partial charge is 0.341 e. The van der Waals surface area contributed by atoms with E-state index in [1.165, 1.54) is 6.42 Å². The van der Waals surface area contributed by atoms with Crippen LogP contribution in [0.5, 0.6) is 0 Å². The van der Waals surface area contributed by atoms with Crippen molar-refractivity contribution < 1.29 is 9.59 Å². The number of hydrogen-bond donors (Lipinski definition) is 0. The molecule has 2 unspecified atom stereocenters. The van der Waals surface area contributed by atoms with E-state index >= 15 is 0 Å². The van der Waals surface area contributed by atoms with E-state index in [1.54, 1.807) is 9.80 Å². The minimum atomic E-state index is -0.0670. The number of rotatable bonds is 3. The van der Waals surface area contributed by atoms with E-state index in [0.29, 0.717) is 24.9 Å². The van der Waals surface area contributed by atoms with Crippen molar-refractivity contribution >= 4 is 17.6 Å². The quantitative estimate of drug-likeness (QED) is 0.860. The van der Waals surface area contributed by atoms with E-state index in [4.69, 9.17) is 0 Å². The zero-order chi connectivity index (χ0) is 16.4. The van der Waals surface area contributed by atoms with Crippen LogP contribution in [0.1, 0.15) is 20.3 Å². The summed E-state index contributed by atoms with van der Waals surface area (Å²) in [6.07, 6.45) is 1.17. The maximum absolute atomic E-state index is 12.5. The minimum Gasteiger partial charge on any atom is -0.341 e. The Kier molecular flexibility index (Phi) is 4.55. The highest BCUT2D eigenvalue weighted by molar-refractivity contribution is 5.96. The molecule has 0 saturated carbocycles. The van der Waals surface area contributed by atoms with E-state index in [1.807, 2.05) is 35.2 Å². The predicted octanol–water partition coefficient (Wildman–Crippen LogP) is 2.43. The molecule has 0 radical (unpaired) electrons. The fourth-order valence-electron chi connectivity index (χ4n) is 3.71. The van der Waals surface area contributed by atoms with E-state index < -0.39 is 0 Å². The molecule has 1 aromatic carbocycles. The van der Waals surface area contributed by atoms with Crippen LogP contribution >= 0.6 is 0 Å². The fourth-order valence-corrected chi connectivity index (χ4v) is 3.71. The lowest BCUT2D eigenvalue weighted by atomic mass is 9.92. The first-order valence-corrected chi connectivity index (χ1v) is 8.44. The number of carbonyl (C=O) groups excluding carboxylic acids is 2. The van der Waals surface area contributed by atoms with Gasteiger partial charge in [-0.25, -0.2) is 4.79 Å². The van der Waals surface area contributed by atoms with Crippen molar-refractivity contribution in [2.75, 3.05) is 37.6 Å². The Morgan fingerprint density at radius 3 is 2.39 bits per heavy atom. The maximum Gasteiger partial charge on any atom is 0.325 e. The first kappa shape index (κ1) is 15.8. The van der Waals surface area contributed by atoms with Gasteiger partial charge in [0, 0.05) is 31.9 Å². The Labute approximate surface area is 137 Å². The minimum absolute atomic E-state index is 0.0670. The van der Waals surface area contributed by atoms with Gasteiger partial charge >= 0.3 is 6.03 Å². The Balaban J connectivity index is 1.60. The molecule has 2 aliphatic heterocycles. The zero-order valence-electron chi connectivity index (χ0n) is 13.9. The molecule has 3 amide bonds. The molecule has 124 valence electrons. The summed E-state index contributed by atoms with van der Waals surface area (Å²) in [6.45, 7) is 7.45. The zero-order valence-corrected chi connectivity index (χ0v) is 13.9. The summed E-state index contributed by atoms with van der Waals surface area (Å²) in [5.74, 6) is 1.15. The van der Waals surface area contributed by atoms with E-state index in [2.05, 4.69) is 13.8 Å². The third kappa shape index (κ3) is 3.49. The van der Waals surface area contributed by atoms with Crippen LogP contribution in [0.25, 0.3) is 0 Å². The number of hydrogen-bond acceptors (Lipinski definition) is 2. The van der Waals surface area contributed by atoms with Gasteiger partial charge in [0.25, 0.3) is 0 Å². The van der Waals surface area contributed by atoms with Gasteiger partial charge in [0.15, 0.2) is 0 Å². The lowest BCUT2D eigenvalue weighted by Gasteiger charge is -2.35. The summed E-state index contributed by atoms with van der Waals surface area (Å²) in [4.78, 5) is 30.4. The highest BCUT2D eigenvalue weighted by Crippen LogP contribution is 2.22. The van der Waals surface area contributed by atoms with Crippen molar-refractivity contribution in [1.29, 1.82) is 0 Å². The van der Waals surface area contributed by atoms with Crippen LogP contribution in [0.3, 0.4) is 0 Å². The molecule has 0 N–H and O–H groups in total. The summed E-state index contributed by atoms with van der Waals surface area (Å²) in [5.41, 5.74) is 0.896. The van der Waals surface area contributed by atoms with Gasteiger partial charge in [-0.05, 0) is 30.4 Å². The van der Waals surface area contributed by atoms with Crippen molar-refractivity contribution in [1.82, 2.24) is 9.80 Å². The summed E-state index contributed by atoms with van der Waals surface area (Å²) in [5, 5.41) is 0. The van der Waals surface area contributed by atoms with E-state index in [-0.39, 0.29) is 18.5 Å². The summed E-state index contributed by atoms with van der Waals surface area (Å²) in [7, 11) is 0. The van der Waals surface area contributed by atoms with Crippen LogP contribution in [0.2, 0.25) is 0 Å². The molecular formula is C18H25N3O2. The monoisotopic (exact) mass is 315 g/mol. The first-order chi connectivity index (χ1) is 11.0. The smallest absolute Gasteiger partial charge is 0.325 e. The van der Waals surface area contributed by atoms with Crippen LogP contribution in [-0.2, 0) is 4.79 Å². The van der Waals surface area contributed by atoms with Gasteiger partial charge in [0.05, 0.1) is 0 Å². The van der Waals surface area contributed by atoms with Crippen LogP contribution < -0.4 is 4.90 Å². The van der Waals surface area contributed by atoms with E-state index in [9.17, 15) is 9.59 Å². The summed E-state index contributed by atoms with van der Waals surface area (Å²) in [6, 6.07) is 9.57. The lowest BCUT2D eigenvalue weighted by molar-refractivity contribution is -0.134. The highest BCUT2D eigenvalue weighted by atomic mass is 16.2. The van der Waals surface area contributed by atoms with Crippen molar-refractivity contribution in [3.8, 4) is 0 Å². The number of nitrogens with zero attached hydrogens (tertiary/aromatic N) is 3. The normalized spacial score (nSPS) is 25.1. The molecule has 0 aliphatic carbocycles. The standard InChI is InChI=1S/C18H25N3O2/c1-14-10-15(2)12-20(11-14)17(22)13-19-8-9-21(18(19)23)16-6-4-3-5-7-16/h3-7,14-15H,8-13H2,1-2H3. The lowest BCUT2D eigenvalue weighted by Crippen LogP contribution is -2.47. The van der Waals surface area contributed by atoms with Gasteiger partial charge in [0.2, 0.25) is 5.91 Å². The van der Waals surface area contributed by atoms with Crippen LogP contribution in [0.15, 0.2) is 30.3 Å². The number of carbonyl (C=O) groups is 2. The van der Waals surface area contributed by atoms with Gasteiger partial charge in [-0.2, -0.15) is 0 Å². The molecule has 5 heteroatoms. The topological polar surface area (TPSA) is 43.9 Å². The number of urea groups is 1. The van der Waals surface area contributed by atoms with Crippen molar-refractivity contribution in [2.24, 2.45) is 11.8 Å². The molecule has 2 heterocycles. The molecule has 0 bridgehead atoms. The van der Waals surface area contributed by atoms with Crippen LogP contribution in [0, 0.1) is 11.8 Å². The average molecular weight is 315 g/mol. The number of benzene rings is 1. The van der Waals surface area contributed by atoms with Crippen molar-refractivity contribution in [3.63, 3.8) is 0 Å². The summed E-state index contributed by atoms with van der Waals surface area (Å²) < 4.78 is 0. The third-order valence-electron chi connectivity index (χ3n) is 4.71. The molecule has 1 aromatic rings. The molecule has 5 nitrogen and oxygen atoms in total. The number of piperidine rings is 1. The van der Waals surface area contributed by atoms with Gasteiger partial charge in [-0.1, -0.05) is 32.0 Å². The predicted molar refractivity (Wildman–Crippen MR) is 90.3 cm³/mol. The molecule has 2 atom stereocenters. The first-order valence-electron chi connectivity index (χ1n) is 8.44. The van der Waals surface area contributed by atoms with E-state index in [0.717, 1.165) is 18.8 Å². The second-order valence-corrected chi connectivity index (χ2v) is 6.94. The molecule has 0 aromatic heterocycles. The SMILES string of the molecule is CC1CC(C)CN(C(=O)CN2CCN(c3ccccc3)C2=O)C1. The number of anilines is 1. The molecule has 2 fully saturated rings. The Morgan fingerprint density at radius 2 is 1.74 bits per heavy atom. The number of para-hydroxylation sites is 1. The van der Waals surface area contributed by atoms with Gasteiger partial charge in [-0.3, -0.25) is 9.69 Å². The summed E-state index contributed by atoms with van der Waals surface area (Å²) >= 11 is 0. The molecule has 2 aliphatic rings. The van der Waals surface area contributed by atoms with Crippen molar-refractivity contribution in [2.45, 2.75) is 20.3 Å². The molecule has 23 heavy (non-hydrogen) atoms. The second kappa shape index (κ2) is 6.60. The average Bonchev–Trinajstić information content (AvgIpc) is 2.88. The Morgan fingerprint density at radius 1 is 1.09 bits per heavy atom.